The molecule has 1 aromatic rings. The first-order valence-corrected chi connectivity index (χ1v) is 7.68. The number of carboxylic acid groups (broad SMARTS) is 1. The Labute approximate surface area is 120 Å². The maximum absolute atomic E-state index is 11.5. The summed E-state index contributed by atoms with van der Waals surface area (Å²) in [5.41, 5.74) is 2.15. The Morgan fingerprint density at radius 1 is 1.10 bits per heavy atom. The highest BCUT2D eigenvalue weighted by atomic mass is 16.5. The molecule has 0 aromatic heterocycles. The Balaban J connectivity index is 1.70. The lowest BCUT2D eigenvalue weighted by atomic mass is 9.87. The Kier molecular flexibility index (Phi) is 3.68. The highest BCUT2D eigenvalue weighted by molar-refractivity contribution is 5.75. The third kappa shape index (κ3) is 2.54. The maximum Gasteiger partial charge on any atom is 0.313 e. The zero-order valence-corrected chi connectivity index (χ0v) is 11.9. The first kappa shape index (κ1) is 13.5. The summed E-state index contributed by atoms with van der Waals surface area (Å²) >= 11 is 0. The van der Waals surface area contributed by atoms with Gasteiger partial charge in [-0.1, -0.05) is 18.9 Å². The van der Waals surface area contributed by atoms with Crippen molar-refractivity contribution in [3.63, 3.8) is 0 Å². The van der Waals surface area contributed by atoms with Crippen LogP contribution in [0.3, 0.4) is 0 Å². The zero-order chi connectivity index (χ0) is 14.0. The molecule has 3 nitrogen and oxygen atoms in total. The molecular weight excluding hydrogens is 252 g/mol. The number of carbonyl (C=O) groups is 1. The molecule has 0 heterocycles. The van der Waals surface area contributed by atoms with Crippen LogP contribution in [0.1, 0.15) is 49.7 Å². The molecule has 1 fully saturated rings. The number of hydrogen-bond acceptors (Lipinski definition) is 2. The van der Waals surface area contributed by atoms with Gasteiger partial charge in [-0.25, -0.2) is 0 Å². The van der Waals surface area contributed by atoms with Crippen LogP contribution in [0.2, 0.25) is 0 Å². The monoisotopic (exact) mass is 274 g/mol. The lowest BCUT2D eigenvalue weighted by Crippen LogP contribution is -2.34. The lowest BCUT2D eigenvalue weighted by Gasteiger charge is -2.24. The fourth-order valence-electron chi connectivity index (χ4n) is 3.49. The number of aryl methyl sites for hydroxylation is 2. The van der Waals surface area contributed by atoms with E-state index in [9.17, 15) is 9.90 Å². The van der Waals surface area contributed by atoms with Gasteiger partial charge in [0.1, 0.15) is 17.8 Å². The standard InChI is InChI=1S/C17H22O3/c18-16(19)17(9-3-4-10-17)12-20-15-8-7-13-5-1-2-6-14(13)11-15/h7-8,11H,1-6,9-10,12H2,(H,18,19). The summed E-state index contributed by atoms with van der Waals surface area (Å²) in [6.07, 6.45) is 8.29. The predicted molar refractivity (Wildman–Crippen MR) is 77.1 cm³/mol. The summed E-state index contributed by atoms with van der Waals surface area (Å²) in [4.78, 5) is 11.5. The first-order valence-electron chi connectivity index (χ1n) is 7.68. The van der Waals surface area contributed by atoms with Gasteiger partial charge in [-0.05, 0) is 61.8 Å². The number of fused-ring (bicyclic) bond motifs is 1. The molecular formula is C17H22O3. The number of ether oxygens (including phenoxy) is 1. The van der Waals surface area contributed by atoms with Crippen LogP contribution < -0.4 is 4.74 Å². The molecule has 0 spiro atoms. The van der Waals surface area contributed by atoms with Crippen molar-refractivity contribution in [2.75, 3.05) is 6.61 Å². The highest BCUT2D eigenvalue weighted by Gasteiger charge is 2.42. The quantitative estimate of drug-likeness (QED) is 0.912. The molecule has 3 rings (SSSR count). The van der Waals surface area contributed by atoms with Crippen molar-refractivity contribution in [2.24, 2.45) is 5.41 Å². The third-order valence-corrected chi connectivity index (χ3v) is 4.85. The van der Waals surface area contributed by atoms with Crippen molar-refractivity contribution in [3.05, 3.63) is 29.3 Å². The molecule has 2 aliphatic rings. The molecule has 1 saturated carbocycles. The average molecular weight is 274 g/mol. The Hall–Kier alpha value is -1.51. The van der Waals surface area contributed by atoms with E-state index in [0.29, 0.717) is 6.61 Å². The van der Waals surface area contributed by atoms with Gasteiger partial charge in [-0.3, -0.25) is 4.79 Å². The Morgan fingerprint density at radius 2 is 1.80 bits per heavy atom. The van der Waals surface area contributed by atoms with Gasteiger partial charge in [0.05, 0.1) is 0 Å². The van der Waals surface area contributed by atoms with Crippen LogP contribution in [-0.4, -0.2) is 17.7 Å². The van der Waals surface area contributed by atoms with Crippen molar-refractivity contribution in [3.8, 4) is 5.75 Å². The molecule has 0 unspecified atom stereocenters. The van der Waals surface area contributed by atoms with E-state index in [-0.39, 0.29) is 0 Å². The molecule has 0 bridgehead atoms. The number of aliphatic carboxylic acids is 1. The van der Waals surface area contributed by atoms with Gasteiger partial charge in [0.25, 0.3) is 0 Å². The molecule has 1 N–H and O–H groups in total. The van der Waals surface area contributed by atoms with E-state index in [1.807, 2.05) is 6.07 Å². The van der Waals surface area contributed by atoms with Crippen LogP contribution in [0, 0.1) is 5.41 Å². The van der Waals surface area contributed by atoms with Crippen LogP contribution in [0.4, 0.5) is 0 Å². The number of carboxylic acids is 1. The molecule has 0 radical (unpaired) electrons. The molecule has 20 heavy (non-hydrogen) atoms. The minimum absolute atomic E-state index is 0.307. The second-order valence-corrected chi connectivity index (χ2v) is 6.22. The summed E-state index contributed by atoms with van der Waals surface area (Å²) in [6.45, 7) is 0.307. The van der Waals surface area contributed by atoms with Crippen molar-refractivity contribution in [1.29, 1.82) is 0 Å². The van der Waals surface area contributed by atoms with Crippen LogP contribution >= 0.6 is 0 Å². The summed E-state index contributed by atoms with van der Waals surface area (Å²) in [5, 5.41) is 9.45. The third-order valence-electron chi connectivity index (χ3n) is 4.85. The highest BCUT2D eigenvalue weighted by Crippen LogP contribution is 2.39. The minimum Gasteiger partial charge on any atom is -0.492 e. The number of hydrogen-bond donors (Lipinski definition) is 1. The summed E-state index contributed by atoms with van der Waals surface area (Å²) in [6, 6.07) is 6.25. The Bertz CT molecular complexity index is 501. The Morgan fingerprint density at radius 3 is 2.50 bits per heavy atom. The van der Waals surface area contributed by atoms with Gasteiger partial charge in [0.15, 0.2) is 0 Å². The molecule has 0 saturated heterocycles. The van der Waals surface area contributed by atoms with Crippen LogP contribution in [-0.2, 0) is 17.6 Å². The largest absolute Gasteiger partial charge is 0.492 e. The van der Waals surface area contributed by atoms with Gasteiger partial charge < -0.3 is 9.84 Å². The van der Waals surface area contributed by atoms with Crippen LogP contribution in [0.5, 0.6) is 5.75 Å². The second-order valence-electron chi connectivity index (χ2n) is 6.22. The smallest absolute Gasteiger partial charge is 0.313 e. The van der Waals surface area contributed by atoms with Crippen LogP contribution in [0.15, 0.2) is 18.2 Å². The van der Waals surface area contributed by atoms with E-state index in [1.165, 1.54) is 24.0 Å². The van der Waals surface area contributed by atoms with Crippen molar-refractivity contribution < 1.29 is 14.6 Å². The van der Waals surface area contributed by atoms with Crippen LogP contribution in [0.25, 0.3) is 0 Å². The fourth-order valence-corrected chi connectivity index (χ4v) is 3.49. The van der Waals surface area contributed by atoms with Crippen molar-refractivity contribution >= 4 is 5.97 Å². The molecule has 2 aliphatic carbocycles. The molecule has 3 heteroatoms. The van der Waals surface area contributed by atoms with E-state index in [1.54, 1.807) is 0 Å². The fraction of sp³-hybridized carbons (Fsp3) is 0.588. The predicted octanol–water partition coefficient (Wildman–Crippen LogP) is 3.59. The van der Waals surface area contributed by atoms with Gasteiger partial charge in [-0.15, -0.1) is 0 Å². The normalized spacial score (nSPS) is 20.4. The maximum atomic E-state index is 11.5. The van der Waals surface area contributed by atoms with E-state index in [4.69, 9.17) is 4.74 Å². The van der Waals surface area contributed by atoms with Gasteiger partial charge >= 0.3 is 5.97 Å². The zero-order valence-electron chi connectivity index (χ0n) is 11.9. The minimum atomic E-state index is -0.701. The van der Waals surface area contributed by atoms with Gasteiger partial charge in [0.2, 0.25) is 0 Å². The van der Waals surface area contributed by atoms with Crippen molar-refractivity contribution in [1.82, 2.24) is 0 Å². The van der Waals surface area contributed by atoms with E-state index >= 15 is 0 Å². The van der Waals surface area contributed by atoms with Gasteiger partial charge in [0, 0.05) is 0 Å². The molecule has 0 aliphatic heterocycles. The molecule has 0 atom stereocenters. The van der Waals surface area contributed by atoms with Gasteiger partial charge in [-0.2, -0.15) is 0 Å². The lowest BCUT2D eigenvalue weighted by molar-refractivity contribution is -0.150. The summed E-state index contributed by atoms with van der Waals surface area (Å²) in [5.74, 6) is 0.131. The second kappa shape index (κ2) is 5.47. The van der Waals surface area contributed by atoms with E-state index in [0.717, 1.165) is 44.3 Å². The first-order chi connectivity index (χ1) is 9.70. The molecule has 0 amide bonds. The molecule has 1 aromatic carbocycles. The number of rotatable bonds is 4. The number of benzene rings is 1. The molecule has 108 valence electrons. The average Bonchev–Trinajstić information content (AvgIpc) is 2.95. The van der Waals surface area contributed by atoms with E-state index in [2.05, 4.69) is 12.1 Å². The SMILES string of the molecule is O=C(O)C1(COc2ccc3c(c2)CCCC3)CCCC1. The van der Waals surface area contributed by atoms with E-state index < -0.39 is 11.4 Å². The summed E-state index contributed by atoms with van der Waals surface area (Å²) < 4.78 is 5.84. The van der Waals surface area contributed by atoms with Crippen molar-refractivity contribution in [2.45, 2.75) is 51.4 Å². The topological polar surface area (TPSA) is 46.5 Å². The summed E-state index contributed by atoms with van der Waals surface area (Å²) in [7, 11) is 0.